The van der Waals surface area contributed by atoms with E-state index in [1.54, 1.807) is 0 Å². The Hall–Kier alpha value is -1.54. The topological polar surface area (TPSA) is 27.7 Å². The van der Waals surface area contributed by atoms with Crippen LogP contribution in [0.4, 0.5) is 0 Å². The van der Waals surface area contributed by atoms with Crippen molar-refractivity contribution in [2.24, 2.45) is 11.3 Å². The first kappa shape index (κ1) is 33.4. The molecule has 2 aromatic carbocycles. The molecular weight excluding hydrogens is 572 g/mol. The van der Waals surface area contributed by atoms with Gasteiger partial charge in [0.1, 0.15) is 18.1 Å². The lowest BCUT2D eigenvalue weighted by atomic mass is 9.64. The van der Waals surface area contributed by atoms with Crippen LogP contribution in [-0.4, -0.2) is 35.9 Å². The Bertz CT molecular complexity index is 1270. The van der Waals surface area contributed by atoms with Crippen LogP contribution in [0.2, 0.25) is 31.2 Å². The molecule has 1 saturated carbocycles. The standard InChI is InChI=1S/C36H55ClO3Si2/c1-34(2,3)26-14-18-29(32(23-26)39-41(8)9)30-22-27-15-19-33(40-42(10,11)35(4,5)6)36(27,7)24-31(30)25-12-16-28(17-13-25)38-21-20-37/h12-14,16-18,23,27,33,41H,15,19-22,24H2,1-11H3/t27-,33-,36-/m0/s1. The fourth-order valence-corrected chi connectivity index (χ4v) is 8.73. The van der Waals surface area contributed by atoms with Crippen molar-refractivity contribution in [3.05, 3.63) is 59.2 Å². The van der Waals surface area contributed by atoms with Crippen molar-refractivity contribution in [3.8, 4) is 11.5 Å². The van der Waals surface area contributed by atoms with Crippen molar-refractivity contribution in [3.63, 3.8) is 0 Å². The zero-order valence-electron chi connectivity index (χ0n) is 28.1. The number of rotatable bonds is 9. The summed E-state index contributed by atoms with van der Waals surface area (Å²) in [5, 5.41) is 0.195. The van der Waals surface area contributed by atoms with E-state index in [4.69, 9.17) is 25.2 Å². The third-order valence-electron chi connectivity index (χ3n) is 10.1. The summed E-state index contributed by atoms with van der Waals surface area (Å²) in [7, 11) is -3.23. The van der Waals surface area contributed by atoms with Crippen molar-refractivity contribution < 1.29 is 13.6 Å². The van der Waals surface area contributed by atoms with E-state index < -0.39 is 17.4 Å². The van der Waals surface area contributed by atoms with Crippen LogP contribution in [0.1, 0.15) is 90.8 Å². The first-order valence-corrected chi connectivity index (χ1v) is 22.2. The molecule has 3 atom stereocenters. The van der Waals surface area contributed by atoms with Crippen LogP contribution in [0.15, 0.2) is 42.5 Å². The first-order valence-electron chi connectivity index (χ1n) is 16.0. The largest absolute Gasteiger partial charge is 0.547 e. The summed E-state index contributed by atoms with van der Waals surface area (Å²) in [5.74, 6) is 3.00. The zero-order valence-corrected chi connectivity index (χ0v) is 31.0. The highest BCUT2D eigenvalue weighted by molar-refractivity contribution is 6.74. The quantitative estimate of drug-likeness (QED) is 0.205. The average molecular weight is 627 g/mol. The van der Waals surface area contributed by atoms with Crippen LogP contribution in [0.5, 0.6) is 11.5 Å². The Kier molecular flexibility index (Phi) is 9.89. The van der Waals surface area contributed by atoms with Crippen molar-refractivity contribution in [1.29, 1.82) is 0 Å². The fourth-order valence-electron chi connectivity index (χ4n) is 6.50. The fraction of sp³-hybridized carbons (Fsp3) is 0.611. The highest BCUT2D eigenvalue weighted by Gasteiger charge is 2.53. The summed E-state index contributed by atoms with van der Waals surface area (Å²) < 4.78 is 19.7. The van der Waals surface area contributed by atoms with Crippen molar-refractivity contribution in [2.75, 3.05) is 12.5 Å². The normalized spacial score (nSPS) is 23.4. The molecule has 0 heterocycles. The molecule has 2 aliphatic rings. The SMILES string of the molecule is C[SiH](C)Oc1cc(C(C)(C)C)ccc1C1=C(c2ccc(OCCCl)cc2)C[C@@]2(C)[C@@H](CC[C@@H]2O[Si](C)(C)C(C)(C)C)C1. The molecule has 0 bridgehead atoms. The minimum absolute atomic E-state index is 0.0656. The van der Waals surface area contributed by atoms with Crippen molar-refractivity contribution >= 4 is 40.1 Å². The van der Waals surface area contributed by atoms with Crippen LogP contribution in [-0.2, 0) is 9.84 Å². The molecule has 1 fully saturated rings. The van der Waals surface area contributed by atoms with Gasteiger partial charge in [0, 0.05) is 5.56 Å². The smallest absolute Gasteiger partial charge is 0.229 e. The van der Waals surface area contributed by atoms with E-state index in [-0.39, 0.29) is 22.0 Å². The number of allylic oxidation sites excluding steroid dienone is 2. The van der Waals surface area contributed by atoms with E-state index in [1.807, 2.05) is 0 Å². The monoisotopic (exact) mass is 626 g/mol. The molecule has 4 rings (SSSR count). The van der Waals surface area contributed by atoms with Gasteiger partial charge < -0.3 is 13.6 Å². The lowest BCUT2D eigenvalue weighted by Gasteiger charge is -2.47. The molecule has 0 radical (unpaired) electrons. The molecule has 3 nitrogen and oxygen atoms in total. The molecule has 0 N–H and O–H groups in total. The van der Waals surface area contributed by atoms with Gasteiger partial charge in [-0.3, -0.25) is 0 Å². The van der Waals surface area contributed by atoms with Crippen molar-refractivity contribution in [2.45, 2.75) is 117 Å². The van der Waals surface area contributed by atoms with Gasteiger partial charge in [-0.25, -0.2) is 0 Å². The molecule has 0 saturated heterocycles. The van der Waals surface area contributed by atoms with Gasteiger partial charge in [-0.05, 0) is 114 Å². The van der Waals surface area contributed by atoms with Gasteiger partial charge in [0.2, 0.25) is 9.04 Å². The molecule has 6 heteroatoms. The lowest BCUT2D eigenvalue weighted by molar-refractivity contribution is 0.0509. The Morgan fingerprint density at radius 2 is 1.62 bits per heavy atom. The summed E-state index contributed by atoms with van der Waals surface area (Å²) >= 11 is 5.89. The minimum Gasteiger partial charge on any atom is -0.547 e. The summed E-state index contributed by atoms with van der Waals surface area (Å²) in [4.78, 5) is 0. The molecule has 0 aromatic heterocycles. The summed E-state index contributed by atoms with van der Waals surface area (Å²) in [6.07, 6.45) is 4.71. The van der Waals surface area contributed by atoms with Crippen molar-refractivity contribution in [1.82, 2.24) is 0 Å². The van der Waals surface area contributed by atoms with Crippen LogP contribution in [0.25, 0.3) is 11.1 Å². The maximum absolute atomic E-state index is 7.22. The van der Waals surface area contributed by atoms with Gasteiger partial charge in [-0.15, -0.1) is 11.6 Å². The predicted molar refractivity (Wildman–Crippen MR) is 186 cm³/mol. The van der Waals surface area contributed by atoms with Crippen LogP contribution >= 0.6 is 11.6 Å². The molecule has 232 valence electrons. The second-order valence-electron chi connectivity index (χ2n) is 15.7. The van der Waals surface area contributed by atoms with Gasteiger partial charge in [0.05, 0.1) is 12.0 Å². The minimum atomic E-state index is -1.91. The van der Waals surface area contributed by atoms with Gasteiger partial charge >= 0.3 is 0 Å². The van der Waals surface area contributed by atoms with Gasteiger partial charge in [-0.2, -0.15) is 0 Å². The molecule has 0 amide bonds. The highest BCUT2D eigenvalue weighted by atomic mass is 35.5. The van der Waals surface area contributed by atoms with Crippen LogP contribution in [0, 0.1) is 11.3 Å². The van der Waals surface area contributed by atoms with Gasteiger partial charge in [-0.1, -0.05) is 72.7 Å². The number of alkyl halides is 1. The number of benzene rings is 2. The van der Waals surface area contributed by atoms with E-state index in [9.17, 15) is 0 Å². The summed E-state index contributed by atoms with van der Waals surface area (Å²) in [6, 6.07) is 15.7. The molecule has 2 aromatic rings. The van der Waals surface area contributed by atoms with E-state index in [0.29, 0.717) is 18.4 Å². The number of halogens is 1. The number of hydrogen-bond acceptors (Lipinski definition) is 3. The maximum Gasteiger partial charge on any atom is 0.229 e. The molecule has 0 unspecified atom stereocenters. The second-order valence-corrected chi connectivity index (χ2v) is 23.1. The summed E-state index contributed by atoms with van der Waals surface area (Å²) in [6.45, 7) is 26.3. The Morgan fingerprint density at radius 1 is 0.952 bits per heavy atom. The van der Waals surface area contributed by atoms with E-state index in [2.05, 4.69) is 117 Å². The predicted octanol–water partition coefficient (Wildman–Crippen LogP) is 10.5. The van der Waals surface area contributed by atoms with E-state index in [0.717, 1.165) is 30.8 Å². The lowest BCUT2D eigenvalue weighted by Crippen LogP contribution is -2.48. The Morgan fingerprint density at radius 3 is 2.19 bits per heavy atom. The second kappa shape index (κ2) is 12.5. The maximum atomic E-state index is 7.22. The zero-order chi connectivity index (χ0) is 31.1. The molecule has 0 spiro atoms. The molecular formula is C36H55ClO3Si2. The highest BCUT2D eigenvalue weighted by Crippen LogP contribution is 2.60. The number of hydrogen-bond donors (Lipinski definition) is 0. The molecule has 0 aliphatic heterocycles. The Labute approximate surface area is 264 Å². The summed E-state index contributed by atoms with van der Waals surface area (Å²) in [5.41, 5.74) is 6.92. The third-order valence-corrected chi connectivity index (χ3v) is 15.5. The van der Waals surface area contributed by atoms with Gasteiger partial charge in [0.15, 0.2) is 8.32 Å². The first-order chi connectivity index (χ1) is 19.5. The van der Waals surface area contributed by atoms with E-state index >= 15 is 0 Å². The van der Waals surface area contributed by atoms with Crippen LogP contribution < -0.4 is 9.16 Å². The third kappa shape index (κ3) is 7.06. The molecule has 42 heavy (non-hydrogen) atoms. The number of fused-ring (bicyclic) bond motifs is 1. The molecule has 2 aliphatic carbocycles. The Balaban J connectivity index is 1.84. The van der Waals surface area contributed by atoms with E-state index in [1.165, 1.54) is 34.3 Å². The van der Waals surface area contributed by atoms with Crippen LogP contribution in [0.3, 0.4) is 0 Å². The van der Waals surface area contributed by atoms with Gasteiger partial charge in [0.25, 0.3) is 0 Å². The average Bonchev–Trinajstić information content (AvgIpc) is 3.19. The number of ether oxygens (including phenoxy) is 1.